The maximum atomic E-state index is 16.5. The fraction of sp³-hybridized carbons (Fsp3) is 0.821. The Morgan fingerprint density at radius 1 is 0.543 bits per heavy atom. The minimum absolute atomic E-state index is 0.0434. The minimum atomic E-state index is -2.25. The summed E-state index contributed by atoms with van der Waals surface area (Å²) in [4.78, 5) is 57.2. The van der Waals surface area contributed by atoms with Gasteiger partial charge in [-0.3, -0.25) is 14.4 Å². The van der Waals surface area contributed by atoms with Crippen LogP contribution in [0.2, 0.25) is 0 Å². The SMILES string of the molecule is COc1ccc(/C=C/C(=O)O[C@@H]2[C@H](O[C@@H]3O[C@H](COC(C)=O)[C@@H](O)[C@H](O)[C@H]3O)[C@@H](O[C@@H]3O[C@@H](C)[C@H](O[C@@H]4OC[C@@H](O[C@@H]5O[C@H](CO)[C@H](O)[C@H](O)[C@H]5O)[C@H](O)[C@H]4O)[C@@H](O)[C@H]3O)[C@H](OC(=O)[C@]34CCC(C)(C)C[C@H]3C3=CC[C@@H]5[C@@]6(C)C[C@H](O)[C@H](O[C@@H]7O[C@H](CO)[C@@H](O)[C@H](O)[C@H]7O)[C@@](C)(C(=O)O)[C@@H]6CC[C@@]5(C)[C@]3(CO)CC4)O[C@@H]2C)cc1OC. The predicted octanol–water partition coefficient (Wildman–Crippen LogP) is -3.83. The number of fused-ring (bicyclic) bond motifs is 7. The summed E-state index contributed by atoms with van der Waals surface area (Å²) in [6.07, 6.45) is -50.5. The number of carboxylic acid groups (broad SMARTS) is 1. The van der Waals surface area contributed by atoms with Gasteiger partial charge in [-0.15, -0.1) is 0 Å². The molecule has 0 spiro atoms. The van der Waals surface area contributed by atoms with Gasteiger partial charge in [0.25, 0.3) is 0 Å². The van der Waals surface area contributed by atoms with E-state index in [-0.39, 0.29) is 38.5 Å². The molecule has 38 heteroatoms. The van der Waals surface area contributed by atoms with Crippen molar-refractivity contribution in [3.8, 4) is 11.5 Å². The number of esters is 3. The molecule has 1 aromatic carbocycles. The molecule has 6 heterocycles. The standard InChI is InChI=1S/C78H116O38/c1-31-60(112-65-55(93)50(88)43(29-104-65)109-67-56(94)51(89)47(85)40(26-79)107-67)54(92)59(97)66(105-31)114-63-62(113-68-57(95)53(91)49(87)42(110-68)28-103-33(3)82)61(111-46(84)16-12-34-11-14-38(101-9)39(23-34)102-10)32(2)106-70(63)116-72(100)77-20-19-73(4,5)24-36(77)35-13-15-44-74(6)25-37(83)64(115-69-58(96)52(90)48(86)41(27-80)108-69)76(8,71(98)99)45(74)17-18-75(44,7)78(35,30-81)22-21-77/h11-14,16,23,31-32,36-37,40-45,47-70,79-81,83,85-97H,15,17-22,24-30H2,1-10H3,(H,98,99)/b16-12+/t31-,32+,36-,37-,40+,41+,42+,43+,44+,45+,47-,48+,49+,50-,51-,52-,53-,54-,55+,56+,57+,58+,59+,60-,61-,62-,63+,64-,65-,66-,67-,68-,69-,70-,74+,75+,76-,77-,78-/m0/s1. The van der Waals surface area contributed by atoms with Crippen molar-refractivity contribution in [1.29, 1.82) is 0 Å². The van der Waals surface area contributed by atoms with Gasteiger partial charge in [-0.05, 0) is 136 Å². The zero-order valence-electron chi connectivity index (χ0n) is 66.2. The summed E-state index contributed by atoms with van der Waals surface area (Å²) >= 11 is 0. The summed E-state index contributed by atoms with van der Waals surface area (Å²) in [5.74, 6) is -5.41. The largest absolute Gasteiger partial charge is 0.493 e. The van der Waals surface area contributed by atoms with E-state index in [0.717, 1.165) is 18.6 Å². The Labute approximate surface area is 668 Å². The summed E-state index contributed by atoms with van der Waals surface area (Å²) in [5.41, 5.74) is -5.78. The van der Waals surface area contributed by atoms with E-state index in [1.54, 1.807) is 18.2 Å². The van der Waals surface area contributed by atoms with Crippen molar-refractivity contribution in [2.45, 2.75) is 304 Å². The second kappa shape index (κ2) is 35.1. The quantitative estimate of drug-likeness (QED) is 0.0164. The van der Waals surface area contributed by atoms with Gasteiger partial charge in [-0.1, -0.05) is 45.4 Å². The molecule has 12 rings (SSSR count). The van der Waals surface area contributed by atoms with Crippen molar-refractivity contribution in [3.63, 3.8) is 0 Å². The van der Waals surface area contributed by atoms with Gasteiger partial charge in [0.05, 0.1) is 69.8 Å². The number of aliphatic carboxylic acids is 1. The number of carbonyl (C=O) groups is 4. The first-order chi connectivity index (χ1) is 54.6. The van der Waals surface area contributed by atoms with E-state index < -0.39 is 297 Å². The van der Waals surface area contributed by atoms with E-state index in [1.165, 1.54) is 41.1 Å². The van der Waals surface area contributed by atoms with E-state index >= 15 is 4.79 Å². The van der Waals surface area contributed by atoms with E-state index in [4.69, 9.17) is 75.8 Å². The second-order valence-electron chi connectivity index (χ2n) is 34.7. The van der Waals surface area contributed by atoms with Crippen LogP contribution in [0.5, 0.6) is 11.5 Å². The molecule has 5 aliphatic carbocycles. The molecular weight excluding hydrogens is 1540 g/mol. The third kappa shape index (κ3) is 16.2. The van der Waals surface area contributed by atoms with Gasteiger partial charge in [-0.25, -0.2) is 4.79 Å². The van der Waals surface area contributed by atoms with Crippen molar-refractivity contribution in [2.24, 2.45) is 50.2 Å². The summed E-state index contributed by atoms with van der Waals surface area (Å²) < 4.78 is 96.3. The number of allylic oxidation sites excluding steroid dienone is 1. The zero-order chi connectivity index (χ0) is 84.7. The lowest BCUT2D eigenvalue weighted by Crippen LogP contribution is -2.71. The maximum absolute atomic E-state index is 16.5. The lowest BCUT2D eigenvalue weighted by molar-refractivity contribution is -0.393. The van der Waals surface area contributed by atoms with Gasteiger partial charge in [0.1, 0.15) is 129 Å². The Kier molecular flexibility index (Phi) is 27.3. The summed E-state index contributed by atoms with van der Waals surface area (Å²) in [6, 6.07) is 4.74. The van der Waals surface area contributed by atoms with Crippen LogP contribution in [0.25, 0.3) is 6.08 Å². The molecule has 1 aromatic rings. The molecule has 0 unspecified atom stereocenters. The molecule has 38 nitrogen and oxygen atoms in total. The number of benzene rings is 1. The topological polar surface area (TPSA) is 580 Å². The van der Waals surface area contributed by atoms with Crippen molar-refractivity contribution >= 4 is 30.0 Å². The average Bonchev–Trinajstić information content (AvgIpc) is 0.668. The highest BCUT2D eigenvalue weighted by atomic mass is 16.8. The molecule has 6 saturated heterocycles. The number of aliphatic hydroxyl groups excluding tert-OH is 17. The van der Waals surface area contributed by atoms with Crippen molar-refractivity contribution < 1.29 is 187 Å². The lowest BCUT2D eigenvalue weighted by atomic mass is 9.33. The summed E-state index contributed by atoms with van der Waals surface area (Å²) in [7, 11) is 2.83. The molecule has 656 valence electrons. The molecule has 0 amide bonds. The molecule has 39 atom stereocenters. The van der Waals surface area contributed by atoms with Crippen LogP contribution in [0.1, 0.15) is 119 Å². The zero-order valence-corrected chi connectivity index (χ0v) is 66.2. The fourth-order valence-electron chi connectivity index (χ4n) is 20.9. The van der Waals surface area contributed by atoms with Crippen LogP contribution in [-0.2, 0) is 85.5 Å². The van der Waals surface area contributed by atoms with Crippen molar-refractivity contribution in [3.05, 3.63) is 41.5 Å². The van der Waals surface area contributed by atoms with Gasteiger partial charge in [0, 0.05) is 18.4 Å². The van der Waals surface area contributed by atoms with Crippen LogP contribution in [0, 0.1) is 50.2 Å². The highest BCUT2D eigenvalue weighted by Crippen LogP contribution is 2.76. The Hall–Kier alpha value is -4.94. The van der Waals surface area contributed by atoms with Crippen LogP contribution in [0.15, 0.2) is 35.9 Å². The fourth-order valence-corrected chi connectivity index (χ4v) is 20.9. The van der Waals surface area contributed by atoms with Gasteiger partial charge < -0.3 is 168 Å². The van der Waals surface area contributed by atoms with Crippen LogP contribution < -0.4 is 9.47 Å². The van der Waals surface area contributed by atoms with Crippen molar-refractivity contribution in [1.82, 2.24) is 0 Å². The number of hydrogen-bond donors (Lipinski definition) is 18. The average molecular weight is 1660 g/mol. The number of carboxylic acids is 1. The molecule has 6 aliphatic heterocycles. The first-order valence-electron chi connectivity index (χ1n) is 39.6. The highest BCUT2D eigenvalue weighted by Gasteiger charge is 2.74. The molecule has 11 aliphatic rings. The maximum Gasteiger partial charge on any atom is 0.331 e. The van der Waals surface area contributed by atoms with Crippen LogP contribution in [0.4, 0.5) is 0 Å². The van der Waals surface area contributed by atoms with Gasteiger partial charge in [0.2, 0.25) is 6.29 Å². The molecule has 10 fully saturated rings. The van der Waals surface area contributed by atoms with Crippen LogP contribution in [-0.4, -0.2) is 353 Å². The first kappa shape index (κ1) is 90.3. The highest BCUT2D eigenvalue weighted by molar-refractivity contribution is 5.87. The minimum Gasteiger partial charge on any atom is -0.493 e. The molecule has 0 aromatic heterocycles. The predicted molar refractivity (Wildman–Crippen MR) is 386 cm³/mol. The third-order valence-corrected chi connectivity index (χ3v) is 27.5. The number of rotatable bonds is 23. The van der Waals surface area contributed by atoms with Gasteiger partial charge in [-0.2, -0.15) is 0 Å². The van der Waals surface area contributed by atoms with E-state index in [9.17, 15) is 106 Å². The summed E-state index contributed by atoms with van der Waals surface area (Å²) in [6.45, 7) is 9.95. The third-order valence-electron chi connectivity index (χ3n) is 27.5. The monoisotopic (exact) mass is 1660 g/mol. The molecule has 116 heavy (non-hydrogen) atoms. The first-order valence-corrected chi connectivity index (χ1v) is 39.6. The normalized spacial score (nSPS) is 48.1. The number of hydrogen-bond acceptors (Lipinski definition) is 37. The van der Waals surface area contributed by atoms with E-state index in [1.807, 2.05) is 26.8 Å². The lowest BCUT2D eigenvalue weighted by Gasteiger charge is -2.71. The Balaban J connectivity index is 0.878. The number of ether oxygens (including phenoxy) is 16. The van der Waals surface area contributed by atoms with Gasteiger partial charge in [0.15, 0.2) is 55.2 Å². The van der Waals surface area contributed by atoms with E-state index in [2.05, 4.69) is 6.92 Å². The Bertz CT molecular complexity index is 3660. The van der Waals surface area contributed by atoms with Crippen molar-refractivity contribution in [2.75, 3.05) is 47.3 Å². The van der Waals surface area contributed by atoms with E-state index in [0.29, 0.717) is 36.3 Å². The van der Waals surface area contributed by atoms with Gasteiger partial charge >= 0.3 is 23.9 Å². The Morgan fingerprint density at radius 2 is 1.09 bits per heavy atom. The smallest absolute Gasteiger partial charge is 0.331 e. The number of aliphatic hydroxyl groups is 17. The molecule has 0 radical (unpaired) electrons. The molecular formula is C78H116O38. The molecule has 4 saturated carbocycles. The number of methoxy groups -OCH3 is 2. The second-order valence-corrected chi connectivity index (χ2v) is 34.7. The number of carbonyl (C=O) groups excluding carboxylic acids is 3. The Morgan fingerprint density at radius 3 is 1.69 bits per heavy atom. The molecule has 18 N–H and O–H groups in total. The molecule has 0 bridgehead atoms. The van der Waals surface area contributed by atoms with Crippen LogP contribution >= 0.6 is 0 Å². The van der Waals surface area contributed by atoms with Crippen LogP contribution in [0.3, 0.4) is 0 Å². The summed E-state index contributed by atoms with van der Waals surface area (Å²) in [5, 5.41) is 202.